The van der Waals surface area contributed by atoms with Gasteiger partial charge in [-0.05, 0) is 37.8 Å². The molecule has 1 aliphatic rings. The number of benzene rings is 1. The topological polar surface area (TPSA) is 74.6 Å². The molecule has 0 spiro atoms. The van der Waals surface area contributed by atoms with Crippen LogP contribution in [0.2, 0.25) is 0 Å². The second-order valence-electron chi connectivity index (χ2n) is 5.05. The minimum absolute atomic E-state index is 0.312. The van der Waals surface area contributed by atoms with E-state index in [0.717, 1.165) is 24.2 Å². The highest BCUT2D eigenvalue weighted by Crippen LogP contribution is 2.27. The van der Waals surface area contributed by atoms with Gasteiger partial charge in [-0.2, -0.15) is 5.26 Å². The summed E-state index contributed by atoms with van der Waals surface area (Å²) in [6.07, 6.45) is 6.35. The van der Waals surface area contributed by atoms with Crippen LogP contribution in [0.25, 0.3) is 11.3 Å². The van der Waals surface area contributed by atoms with Gasteiger partial charge in [-0.15, -0.1) is 5.10 Å². The summed E-state index contributed by atoms with van der Waals surface area (Å²) in [5, 5.41) is 19.2. The van der Waals surface area contributed by atoms with E-state index >= 15 is 0 Å². The number of rotatable bonds is 3. The van der Waals surface area contributed by atoms with Gasteiger partial charge in [0.15, 0.2) is 5.69 Å². The Morgan fingerprint density at radius 2 is 2.10 bits per heavy atom. The molecule has 0 atom stereocenters. The Balaban J connectivity index is 1.81. The quantitative estimate of drug-likeness (QED) is 0.928. The maximum Gasteiger partial charge on any atom is 0.163 e. The van der Waals surface area contributed by atoms with E-state index in [2.05, 4.69) is 21.5 Å². The molecule has 0 unspecified atom stereocenters. The monoisotopic (exact) mass is 268 g/mol. The number of ether oxygens (including phenoxy) is 1. The Kier molecular flexibility index (Phi) is 3.64. The molecular formula is C15H16N4O. The van der Waals surface area contributed by atoms with Gasteiger partial charge in [-0.1, -0.05) is 23.8 Å². The molecule has 2 aromatic rings. The maximum absolute atomic E-state index is 9.01. The molecule has 0 aliphatic heterocycles. The Morgan fingerprint density at radius 3 is 2.90 bits per heavy atom. The van der Waals surface area contributed by atoms with Gasteiger partial charge in [-0.25, -0.2) is 5.10 Å². The second-order valence-corrected chi connectivity index (χ2v) is 5.05. The zero-order valence-corrected chi connectivity index (χ0v) is 11.2. The maximum atomic E-state index is 9.01. The van der Waals surface area contributed by atoms with Crippen LogP contribution in [-0.4, -0.2) is 21.5 Å². The van der Waals surface area contributed by atoms with Gasteiger partial charge in [0.1, 0.15) is 17.5 Å². The molecule has 0 saturated heterocycles. The first-order chi connectivity index (χ1) is 9.86. The van der Waals surface area contributed by atoms with Gasteiger partial charge in [-0.3, -0.25) is 0 Å². The number of nitrogens with one attached hydrogen (secondary N) is 1. The van der Waals surface area contributed by atoms with E-state index in [0.29, 0.717) is 17.5 Å². The van der Waals surface area contributed by atoms with Crippen molar-refractivity contribution in [1.29, 1.82) is 5.26 Å². The lowest BCUT2D eigenvalue weighted by Gasteiger charge is -2.23. The van der Waals surface area contributed by atoms with Crippen molar-refractivity contribution in [2.45, 2.75) is 38.2 Å². The highest BCUT2D eigenvalue weighted by molar-refractivity contribution is 5.65. The molecule has 1 heterocycles. The van der Waals surface area contributed by atoms with Crippen molar-refractivity contribution in [3.05, 3.63) is 30.0 Å². The van der Waals surface area contributed by atoms with E-state index in [4.69, 9.17) is 10.00 Å². The lowest BCUT2D eigenvalue weighted by molar-refractivity contribution is 0.155. The third-order valence-corrected chi connectivity index (χ3v) is 3.62. The van der Waals surface area contributed by atoms with Crippen molar-refractivity contribution in [2.75, 3.05) is 0 Å². The summed E-state index contributed by atoms with van der Waals surface area (Å²) >= 11 is 0. The molecule has 5 nitrogen and oxygen atoms in total. The molecule has 102 valence electrons. The summed E-state index contributed by atoms with van der Waals surface area (Å²) in [7, 11) is 0. The van der Waals surface area contributed by atoms with E-state index in [-0.39, 0.29) is 0 Å². The summed E-state index contributed by atoms with van der Waals surface area (Å²) < 4.78 is 6.03. The minimum Gasteiger partial charge on any atom is -0.490 e. The van der Waals surface area contributed by atoms with Gasteiger partial charge < -0.3 is 4.74 Å². The molecular weight excluding hydrogens is 252 g/mol. The first-order valence-corrected chi connectivity index (χ1v) is 6.95. The predicted molar refractivity (Wildman–Crippen MR) is 74.0 cm³/mol. The minimum atomic E-state index is 0.312. The highest BCUT2D eigenvalue weighted by Gasteiger charge is 2.16. The molecule has 1 aromatic carbocycles. The predicted octanol–water partition coefficient (Wildman–Crippen LogP) is 3.05. The number of H-pyrrole nitrogens is 1. The summed E-state index contributed by atoms with van der Waals surface area (Å²) in [6, 6.07) is 9.76. The highest BCUT2D eigenvalue weighted by atomic mass is 16.5. The molecule has 1 aliphatic carbocycles. The lowest BCUT2D eigenvalue weighted by Crippen LogP contribution is -2.19. The summed E-state index contributed by atoms with van der Waals surface area (Å²) in [5.41, 5.74) is 1.80. The molecule has 5 heteroatoms. The van der Waals surface area contributed by atoms with Gasteiger partial charge in [0.25, 0.3) is 0 Å². The van der Waals surface area contributed by atoms with Crippen LogP contribution in [0.4, 0.5) is 0 Å². The van der Waals surface area contributed by atoms with Crippen LogP contribution in [0.3, 0.4) is 0 Å². The van der Waals surface area contributed by atoms with E-state index < -0.39 is 0 Å². The van der Waals surface area contributed by atoms with Crippen molar-refractivity contribution in [3.63, 3.8) is 0 Å². The third-order valence-electron chi connectivity index (χ3n) is 3.62. The van der Waals surface area contributed by atoms with Crippen LogP contribution in [0, 0.1) is 11.3 Å². The van der Waals surface area contributed by atoms with Gasteiger partial charge in [0, 0.05) is 5.56 Å². The fourth-order valence-electron chi connectivity index (χ4n) is 2.60. The number of hydrogen-bond acceptors (Lipinski definition) is 4. The van der Waals surface area contributed by atoms with E-state index in [1.54, 1.807) is 0 Å². The second kappa shape index (κ2) is 5.74. The molecule has 20 heavy (non-hydrogen) atoms. The fourth-order valence-corrected chi connectivity index (χ4v) is 2.60. The van der Waals surface area contributed by atoms with E-state index in [1.165, 1.54) is 19.3 Å². The largest absolute Gasteiger partial charge is 0.490 e. The average molecular weight is 268 g/mol. The van der Waals surface area contributed by atoms with Crippen molar-refractivity contribution < 1.29 is 4.74 Å². The Morgan fingerprint density at radius 1 is 1.25 bits per heavy atom. The standard InChI is InChI=1S/C15H16N4O/c16-10-14-15(18-19-17-14)11-5-4-8-13(9-11)20-12-6-2-1-3-7-12/h4-5,8-9,12H,1-3,6-7H2,(H,17,18,19). The van der Waals surface area contributed by atoms with Crippen LogP contribution < -0.4 is 4.74 Å². The lowest BCUT2D eigenvalue weighted by atomic mass is 9.98. The zero-order valence-electron chi connectivity index (χ0n) is 11.2. The average Bonchev–Trinajstić information content (AvgIpc) is 2.97. The normalized spacial score (nSPS) is 15.8. The van der Waals surface area contributed by atoms with Crippen LogP contribution in [0.1, 0.15) is 37.8 Å². The number of nitriles is 1. The molecule has 1 aromatic heterocycles. The summed E-state index contributed by atoms with van der Waals surface area (Å²) in [5.74, 6) is 0.835. The Hall–Kier alpha value is -2.35. The van der Waals surface area contributed by atoms with Crippen LogP contribution in [0.5, 0.6) is 5.75 Å². The number of aromatic amines is 1. The van der Waals surface area contributed by atoms with Crippen LogP contribution in [-0.2, 0) is 0 Å². The number of hydrogen-bond donors (Lipinski definition) is 1. The van der Waals surface area contributed by atoms with Gasteiger partial charge in [0.05, 0.1) is 6.10 Å². The third kappa shape index (κ3) is 2.64. The number of nitrogens with zero attached hydrogens (tertiary/aromatic N) is 3. The first-order valence-electron chi connectivity index (χ1n) is 6.95. The molecule has 1 N–H and O–H groups in total. The molecule has 1 fully saturated rings. The van der Waals surface area contributed by atoms with E-state index in [9.17, 15) is 0 Å². The van der Waals surface area contributed by atoms with Crippen LogP contribution >= 0.6 is 0 Å². The van der Waals surface area contributed by atoms with Crippen LogP contribution in [0.15, 0.2) is 24.3 Å². The Labute approximate surface area is 117 Å². The summed E-state index contributed by atoms with van der Waals surface area (Å²) in [6.45, 7) is 0. The zero-order chi connectivity index (χ0) is 13.8. The smallest absolute Gasteiger partial charge is 0.163 e. The summed E-state index contributed by atoms with van der Waals surface area (Å²) in [4.78, 5) is 0. The van der Waals surface area contributed by atoms with Crippen molar-refractivity contribution in [3.8, 4) is 23.1 Å². The molecule has 1 saturated carbocycles. The van der Waals surface area contributed by atoms with E-state index in [1.807, 2.05) is 24.3 Å². The van der Waals surface area contributed by atoms with Crippen molar-refractivity contribution in [1.82, 2.24) is 15.4 Å². The molecule has 0 amide bonds. The van der Waals surface area contributed by atoms with Crippen molar-refractivity contribution in [2.24, 2.45) is 0 Å². The molecule has 3 rings (SSSR count). The molecule has 0 radical (unpaired) electrons. The molecule has 0 bridgehead atoms. The van der Waals surface area contributed by atoms with Crippen molar-refractivity contribution >= 4 is 0 Å². The SMILES string of the molecule is N#Cc1[nH]nnc1-c1cccc(OC2CCCCC2)c1. The fraction of sp³-hybridized carbons (Fsp3) is 0.400. The van der Waals surface area contributed by atoms with Gasteiger partial charge in [0.2, 0.25) is 0 Å². The Bertz CT molecular complexity index is 623. The van der Waals surface area contributed by atoms with Gasteiger partial charge >= 0.3 is 0 Å². The first kappa shape index (κ1) is 12.7. The number of aromatic nitrogens is 3.